The summed E-state index contributed by atoms with van der Waals surface area (Å²) in [5.41, 5.74) is 0. The van der Waals surface area contributed by atoms with Crippen LogP contribution in [0.5, 0.6) is 0 Å². The average Bonchev–Trinajstić information content (AvgIpc) is 2.77. The zero-order chi connectivity index (χ0) is 12.8. The van der Waals surface area contributed by atoms with Crippen molar-refractivity contribution in [2.45, 2.75) is 51.7 Å². The number of aliphatic carboxylic acids is 1. The Hall–Kier alpha value is -1.10. The van der Waals surface area contributed by atoms with E-state index in [1.807, 2.05) is 0 Å². The van der Waals surface area contributed by atoms with Crippen molar-refractivity contribution < 1.29 is 19.4 Å². The van der Waals surface area contributed by atoms with E-state index in [1.165, 1.54) is 0 Å². The topological polar surface area (TPSA) is 75.6 Å². The van der Waals surface area contributed by atoms with Crippen LogP contribution in [-0.2, 0) is 14.3 Å². The quantitative estimate of drug-likeness (QED) is 0.734. The highest BCUT2D eigenvalue weighted by Crippen LogP contribution is 2.16. The summed E-state index contributed by atoms with van der Waals surface area (Å²) in [6.07, 6.45) is 3.42. The largest absolute Gasteiger partial charge is 0.481 e. The Balaban J connectivity index is 2.21. The van der Waals surface area contributed by atoms with Crippen LogP contribution in [0.2, 0.25) is 0 Å². The van der Waals surface area contributed by atoms with Crippen LogP contribution in [0, 0.1) is 5.92 Å². The van der Waals surface area contributed by atoms with Crippen molar-refractivity contribution in [2.24, 2.45) is 5.92 Å². The molecule has 1 heterocycles. The molecule has 0 aliphatic carbocycles. The molecule has 0 spiro atoms. The number of nitrogens with one attached hydrogen (secondary N) is 1. The Morgan fingerprint density at radius 2 is 2.18 bits per heavy atom. The molecular formula is C12H21NO4. The summed E-state index contributed by atoms with van der Waals surface area (Å²) in [5.74, 6) is -1.56. The molecular weight excluding hydrogens is 222 g/mol. The van der Waals surface area contributed by atoms with Gasteiger partial charge in [0, 0.05) is 19.1 Å². The second kappa shape index (κ2) is 6.59. The number of amides is 1. The van der Waals surface area contributed by atoms with Gasteiger partial charge < -0.3 is 15.2 Å². The van der Waals surface area contributed by atoms with E-state index in [-0.39, 0.29) is 18.1 Å². The van der Waals surface area contributed by atoms with Crippen LogP contribution in [0.15, 0.2) is 0 Å². The normalized spacial score (nSPS) is 23.1. The van der Waals surface area contributed by atoms with Crippen LogP contribution in [0.1, 0.15) is 39.5 Å². The van der Waals surface area contributed by atoms with Crippen LogP contribution in [-0.4, -0.2) is 35.7 Å². The second-order valence-corrected chi connectivity index (χ2v) is 4.66. The van der Waals surface area contributed by atoms with Crippen LogP contribution < -0.4 is 5.32 Å². The molecule has 5 nitrogen and oxygen atoms in total. The van der Waals surface area contributed by atoms with Gasteiger partial charge in [-0.3, -0.25) is 9.59 Å². The first-order valence-corrected chi connectivity index (χ1v) is 6.14. The summed E-state index contributed by atoms with van der Waals surface area (Å²) in [6, 6.07) is -0.343. The van der Waals surface area contributed by atoms with Crippen molar-refractivity contribution in [1.29, 1.82) is 0 Å². The number of ether oxygens (including phenoxy) is 1. The SMILES string of the molecule is CC(NC(=O)CCC1CCCO1)C(C)C(=O)O. The molecule has 0 aromatic carbocycles. The molecule has 1 fully saturated rings. The van der Waals surface area contributed by atoms with Crippen LogP contribution in [0.4, 0.5) is 0 Å². The lowest BCUT2D eigenvalue weighted by atomic mass is 10.0. The summed E-state index contributed by atoms with van der Waals surface area (Å²) in [5, 5.41) is 11.5. The van der Waals surface area contributed by atoms with E-state index in [0.29, 0.717) is 6.42 Å². The van der Waals surface area contributed by atoms with Crippen molar-refractivity contribution in [3.8, 4) is 0 Å². The number of rotatable bonds is 6. The summed E-state index contributed by atoms with van der Waals surface area (Å²) in [6.45, 7) is 4.09. The smallest absolute Gasteiger partial charge is 0.308 e. The number of hydrogen-bond donors (Lipinski definition) is 2. The van der Waals surface area contributed by atoms with Crippen molar-refractivity contribution in [2.75, 3.05) is 6.61 Å². The molecule has 1 amide bonds. The van der Waals surface area contributed by atoms with E-state index in [2.05, 4.69) is 5.32 Å². The summed E-state index contributed by atoms with van der Waals surface area (Å²) >= 11 is 0. The van der Waals surface area contributed by atoms with Crippen LogP contribution in [0.25, 0.3) is 0 Å². The van der Waals surface area contributed by atoms with E-state index in [1.54, 1.807) is 13.8 Å². The highest BCUT2D eigenvalue weighted by molar-refractivity contribution is 5.77. The minimum atomic E-state index is -0.892. The first-order chi connectivity index (χ1) is 8.00. The lowest BCUT2D eigenvalue weighted by Crippen LogP contribution is -2.40. The van der Waals surface area contributed by atoms with Gasteiger partial charge in [0.25, 0.3) is 0 Å². The summed E-state index contributed by atoms with van der Waals surface area (Å²) in [7, 11) is 0. The zero-order valence-electron chi connectivity index (χ0n) is 10.4. The van der Waals surface area contributed by atoms with Gasteiger partial charge in [-0.1, -0.05) is 0 Å². The average molecular weight is 243 g/mol. The fraction of sp³-hybridized carbons (Fsp3) is 0.833. The summed E-state index contributed by atoms with van der Waals surface area (Å²) in [4.78, 5) is 22.3. The van der Waals surface area contributed by atoms with Gasteiger partial charge in [-0.15, -0.1) is 0 Å². The minimum Gasteiger partial charge on any atom is -0.481 e. The minimum absolute atomic E-state index is 0.0962. The Kier molecular flexibility index (Phi) is 5.41. The Bertz CT molecular complexity index is 274. The van der Waals surface area contributed by atoms with Crippen molar-refractivity contribution >= 4 is 11.9 Å². The zero-order valence-corrected chi connectivity index (χ0v) is 10.4. The second-order valence-electron chi connectivity index (χ2n) is 4.66. The number of hydrogen-bond acceptors (Lipinski definition) is 3. The van der Waals surface area contributed by atoms with Crippen LogP contribution in [0.3, 0.4) is 0 Å². The van der Waals surface area contributed by atoms with E-state index in [0.717, 1.165) is 25.9 Å². The van der Waals surface area contributed by atoms with Crippen molar-refractivity contribution in [3.05, 3.63) is 0 Å². The van der Waals surface area contributed by atoms with E-state index >= 15 is 0 Å². The van der Waals surface area contributed by atoms with Crippen molar-refractivity contribution in [1.82, 2.24) is 5.32 Å². The molecule has 3 unspecified atom stereocenters. The predicted octanol–water partition coefficient (Wildman–Crippen LogP) is 1.17. The number of carbonyl (C=O) groups excluding carboxylic acids is 1. The molecule has 1 rings (SSSR count). The van der Waals surface area contributed by atoms with Crippen molar-refractivity contribution in [3.63, 3.8) is 0 Å². The Labute approximate surface area is 102 Å². The number of carboxylic acid groups (broad SMARTS) is 1. The van der Waals surface area contributed by atoms with E-state index in [9.17, 15) is 9.59 Å². The fourth-order valence-corrected chi connectivity index (χ4v) is 1.83. The standard InChI is InChI=1S/C12H21NO4/c1-8(12(15)16)9(2)13-11(14)6-5-10-4-3-7-17-10/h8-10H,3-7H2,1-2H3,(H,13,14)(H,15,16). The molecule has 17 heavy (non-hydrogen) atoms. The molecule has 1 saturated heterocycles. The third-order valence-corrected chi connectivity index (χ3v) is 3.25. The molecule has 0 radical (unpaired) electrons. The molecule has 98 valence electrons. The fourth-order valence-electron chi connectivity index (χ4n) is 1.83. The maximum Gasteiger partial charge on any atom is 0.308 e. The maximum absolute atomic E-state index is 11.6. The van der Waals surface area contributed by atoms with Gasteiger partial charge in [-0.2, -0.15) is 0 Å². The molecule has 3 atom stereocenters. The lowest BCUT2D eigenvalue weighted by Gasteiger charge is -2.18. The molecule has 0 aromatic rings. The highest BCUT2D eigenvalue weighted by atomic mass is 16.5. The molecule has 0 aromatic heterocycles. The molecule has 0 bridgehead atoms. The third kappa shape index (κ3) is 4.73. The monoisotopic (exact) mass is 243 g/mol. The van der Waals surface area contributed by atoms with Gasteiger partial charge in [-0.25, -0.2) is 0 Å². The third-order valence-electron chi connectivity index (χ3n) is 3.25. The summed E-state index contributed by atoms with van der Waals surface area (Å²) < 4.78 is 5.42. The van der Waals surface area contributed by atoms with Gasteiger partial charge in [-0.05, 0) is 33.1 Å². The molecule has 2 N–H and O–H groups in total. The molecule has 1 aliphatic heterocycles. The first kappa shape index (κ1) is 14.0. The number of carboxylic acids is 1. The molecule has 0 saturated carbocycles. The Morgan fingerprint density at radius 1 is 1.47 bits per heavy atom. The van der Waals surface area contributed by atoms with Gasteiger partial charge in [0.05, 0.1) is 12.0 Å². The molecule has 5 heteroatoms. The predicted molar refractivity (Wildman–Crippen MR) is 62.6 cm³/mol. The molecule has 1 aliphatic rings. The van der Waals surface area contributed by atoms with Crippen LogP contribution >= 0.6 is 0 Å². The van der Waals surface area contributed by atoms with Gasteiger partial charge in [0.2, 0.25) is 5.91 Å². The number of carbonyl (C=O) groups is 2. The van der Waals surface area contributed by atoms with Gasteiger partial charge >= 0.3 is 5.97 Å². The van der Waals surface area contributed by atoms with Gasteiger partial charge in [0.15, 0.2) is 0 Å². The lowest BCUT2D eigenvalue weighted by molar-refractivity contribution is -0.142. The van der Waals surface area contributed by atoms with Gasteiger partial charge in [0.1, 0.15) is 0 Å². The first-order valence-electron chi connectivity index (χ1n) is 6.14. The Morgan fingerprint density at radius 3 is 2.71 bits per heavy atom. The maximum atomic E-state index is 11.6. The highest BCUT2D eigenvalue weighted by Gasteiger charge is 2.22. The van der Waals surface area contributed by atoms with E-state index < -0.39 is 11.9 Å². The van der Waals surface area contributed by atoms with E-state index in [4.69, 9.17) is 9.84 Å².